The lowest BCUT2D eigenvalue weighted by molar-refractivity contribution is 0.549. The highest BCUT2D eigenvalue weighted by molar-refractivity contribution is 7.89. The SMILES string of the molecule is CCn1c(C(C)NS(=O)(=O)c2ccc(C#N)nc2)nc2cnc(C3CC3)cc21. The molecule has 0 radical (unpaired) electrons. The van der Waals surface area contributed by atoms with Gasteiger partial charge in [-0.05, 0) is 44.9 Å². The summed E-state index contributed by atoms with van der Waals surface area (Å²) in [4.78, 5) is 13.0. The van der Waals surface area contributed by atoms with E-state index in [-0.39, 0.29) is 10.6 Å². The van der Waals surface area contributed by atoms with Gasteiger partial charge in [-0.3, -0.25) is 4.98 Å². The summed E-state index contributed by atoms with van der Waals surface area (Å²) in [6.07, 6.45) is 5.29. The van der Waals surface area contributed by atoms with Gasteiger partial charge in [0.1, 0.15) is 28.0 Å². The second-order valence-corrected chi connectivity index (χ2v) is 8.63. The van der Waals surface area contributed by atoms with Crippen LogP contribution in [-0.2, 0) is 16.6 Å². The highest BCUT2D eigenvalue weighted by Crippen LogP contribution is 2.39. The topological polar surface area (TPSA) is 114 Å². The highest BCUT2D eigenvalue weighted by atomic mass is 32.2. The van der Waals surface area contributed by atoms with E-state index in [0.717, 1.165) is 16.7 Å². The molecule has 3 heterocycles. The Kier molecular flexibility index (Phi) is 4.61. The average molecular weight is 396 g/mol. The minimum absolute atomic E-state index is 0.00944. The molecule has 0 spiro atoms. The van der Waals surface area contributed by atoms with Crippen molar-refractivity contribution in [1.29, 1.82) is 5.26 Å². The Morgan fingerprint density at radius 3 is 2.71 bits per heavy atom. The van der Waals surface area contributed by atoms with Crippen molar-refractivity contribution < 1.29 is 8.42 Å². The normalized spacial score (nSPS) is 15.5. The van der Waals surface area contributed by atoms with E-state index in [0.29, 0.717) is 18.3 Å². The number of aryl methyl sites for hydroxylation is 1. The Hall–Kier alpha value is -2.83. The van der Waals surface area contributed by atoms with Crippen LogP contribution in [0.1, 0.15) is 55.9 Å². The number of nitrogens with zero attached hydrogens (tertiary/aromatic N) is 5. The fraction of sp³-hybridized carbons (Fsp3) is 0.368. The molecule has 8 nitrogen and oxygen atoms in total. The van der Waals surface area contributed by atoms with Crippen molar-refractivity contribution in [2.45, 2.75) is 50.1 Å². The Balaban J connectivity index is 1.66. The van der Waals surface area contributed by atoms with Crippen LogP contribution in [0.5, 0.6) is 0 Å². The number of sulfonamides is 1. The smallest absolute Gasteiger partial charge is 0.242 e. The van der Waals surface area contributed by atoms with E-state index >= 15 is 0 Å². The summed E-state index contributed by atoms with van der Waals surface area (Å²) in [7, 11) is -3.80. The van der Waals surface area contributed by atoms with Crippen LogP contribution < -0.4 is 4.72 Å². The summed E-state index contributed by atoms with van der Waals surface area (Å²) >= 11 is 0. The second-order valence-electron chi connectivity index (χ2n) is 6.92. The number of hydrogen-bond acceptors (Lipinski definition) is 6. The Morgan fingerprint density at radius 1 is 1.32 bits per heavy atom. The zero-order valence-corrected chi connectivity index (χ0v) is 16.4. The second kappa shape index (κ2) is 6.96. The Labute approximate surface area is 163 Å². The first-order valence-electron chi connectivity index (χ1n) is 9.17. The van der Waals surface area contributed by atoms with Crippen LogP contribution >= 0.6 is 0 Å². The molecule has 1 saturated carbocycles. The van der Waals surface area contributed by atoms with E-state index in [1.54, 1.807) is 13.1 Å². The zero-order chi connectivity index (χ0) is 19.9. The van der Waals surface area contributed by atoms with Gasteiger partial charge >= 0.3 is 0 Å². The summed E-state index contributed by atoms with van der Waals surface area (Å²) in [6, 6.07) is 6.15. The molecule has 0 amide bonds. The van der Waals surface area contributed by atoms with Crippen LogP contribution in [0.15, 0.2) is 35.5 Å². The van der Waals surface area contributed by atoms with Crippen LogP contribution in [-0.4, -0.2) is 27.9 Å². The minimum Gasteiger partial charge on any atom is -0.327 e. The first kappa shape index (κ1) is 18.5. The van der Waals surface area contributed by atoms with Crippen molar-refractivity contribution in [3.63, 3.8) is 0 Å². The van der Waals surface area contributed by atoms with Gasteiger partial charge in [0.15, 0.2) is 0 Å². The molecule has 0 aliphatic heterocycles. The van der Waals surface area contributed by atoms with Crippen molar-refractivity contribution in [2.75, 3.05) is 0 Å². The first-order valence-corrected chi connectivity index (χ1v) is 10.7. The quantitative estimate of drug-likeness (QED) is 0.685. The van der Waals surface area contributed by atoms with Crippen molar-refractivity contribution in [3.05, 3.63) is 47.8 Å². The molecular weight excluding hydrogens is 376 g/mol. The fourth-order valence-electron chi connectivity index (χ4n) is 3.29. The van der Waals surface area contributed by atoms with Gasteiger partial charge in [0.25, 0.3) is 0 Å². The van der Waals surface area contributed by atoms with Gasteiger partial charge in [0.05, 0.1) is 17.8 Å². The molecular formula is C19H20N6O2S. The molecule has 0 bridgehead atoms. The molecule has 0 saturated heterocycles. The molecule has 1 fully saturated rings. The van der Waals surface area contributed by atoms with Gasteiger partial charge in [0.2, 0.25) is 10.0 Å². The van der Waals surface area contributed by atoms with Crippen molar-refractivity contribution in [3.8, 4) is 6.07 Å². The third-order valence-corrected chi connectivity index (χ3v) is 6.40. The lowest BCUT2D eigenvalue weighted by atomic mass is 10.2. The van der Waals surface area contributed by atoms with E-state index in [4.69, 9.17) is 5.26 Å². The van der Waals surface area contributed by atoms with Gasteiger partial charge < -0.3 is 4.57 Å². The summed E-state index contributed by atoms with van der Waals surface area (Å²) in [6.45, 7) is 4.44. The molecule has 1 N–H and O–H groups in total. The van der Waals surface area contributed by atoms with E-state index < -0.39 is 16.1 Å². The number of rotatable bonds is 6. The standard InChI is InChI=1S/C19H20N6O2S/c1-3-25-18-8-16(13-4-5-13)22-11-17(18)23-19(25)12(2)24-28(26,27)15-7-6-14(9-20)21-10-15/h6-8,10-13,24H,3-5H2,1-2H3. The molecule has 9 heteroatoms. The number of pyridine rings is 2. The summed E-state index contributed by atoms with van der Waals surface area (Å²) in [5, 5.41) is 8.82. The molecule has 3 aromatic heterocycles. The first-order chi connectivity index (χ1) is 13.4. The Bertz CT molecular complexity index is 1170. The van der Waals surface area contributed by atoms with Crippen LogP contribution in [0.4, 0.5) is 0 Å². The lowest BCUT2D eigenvalue weighted by Gasteiger charge is -2.15. The highest BCUT2D eigenvalue weighted by Gasteiger charge is 2.27. The third kappa shape index (κ3) is 3.37. The van der Waals surface area contributed by atoms with Gasteiger partial charge in [0, 0.05) is 24.4 Å². The number of hydrogen-bond donors (Lipinski definition) is 1. The van der Waals surface area contributed by atoms with Crippen LogP contribution in [0.2, 0.25) is 0 Å². The summed E-state index contributed by atoms with van der Waals surface area (Å²) in [5.74, 6) is 1.17. The molecule has 3 aromatic rings. The largest absolute Gasteiger partial charge is 0.327 e. The predicted octanol–water partition coefficient (Wildman–Crippen LogP) is 2.63. The summed E-state index contributed by atoms with van der Waals surface area (Å²) < 4.78 is 30.1. The van der Waals surface area contributed by atoms with E-state index in [9.17, 15) is 8.42 Å². The number of fused-ring (bicyclic) bond motifs is 1. The van der Waals surface area contributed by atoms with Crippen LogP contribution in [0.25, 0.3) is 11.0 Å². The van der Waals surface area contributed by atoms with Crippen molar-refractivity contribution in [1.82, 2.24) is 24.2 Å². The lowest BCUT2D eigenvalue weighted by Crippen LogP contribution is -2.29. The molecule has 1 unspecified atom stereocenters. The number of nitriles is 1. The monoisotopic (exact) mass is 396 g/mol. The zero-order valence-electron chi connectivity index (χ0n) is 15.6. The Morgan fingerprint density at radius 2 is 2.11 bits per heavy atom. The molecule has 1 aliphatic rings. The van der Waals surface area contributed by atoms with E-state index in [1.165, 1.54) is 31.2 Å². The molecule has 4 rings (SSSR count). The molecule has 1 atom stereocenters. The van der Waals surface area contributed by atoms with Crippen molar-refractivity contribution in [2.24, 2.45) is 0 Å². The maximum Gasteiger partial charge on any atom is 0.242 e. The van der Waals surface area contributed by atoms with Gasteiger partial charge in [-0.1, -0.05) is 0 Å². The van der Waals surface area contributed by atoms with E-state index in [2.05, 4.69) is 25.7 Å². The third-order valence-electron chi connectivity index (χ3n) is 4.88. The molecule has 144 valence electrons. The van der Waals surface area contributed by atoms with Crippen LogP contribution in [0, 0.1) is 11.3 Å². The van der Waals surface area contributed by atoms with Crippen LogP contribution in [0.3, 0.4) is 0 Å². The summed E-state index contributed by atoms with van der Waals surface area (Å²) in [5.41, 5.74) is 2.97. The predicted molar refractivity (Wildman–Crippen MR) is 103 cm³/mol. The van der Waals surface area contributed by atoms with Gasteiger partial charge in [-0.2, -0.15) is 5.26 Å². The number of aromatic nitrogens is 4. The maximum absolute atomic E-state index is 12.7. The average Bonchev–Trinajstić information content (AvgIpc) is 3.47. The molecule has 0 aromatic carbocycles. The maximum atomic E-state index is 12.7. The van der Waals surface area contributed by atoms with Crippen molar-refractivity contribution >= 4 is 21.1 Å². The van der Waals surface area contributed by atoms with Gasteiger partial charge in [-0.25, -0.2) is 23.1 Å². The minimum atomic E-state index is -3.80. The van der Waals surface area contributed by atoms with Gasteiger partial charge in [-0.15, -0.1) is 0 Å². The number of imidazole rings is 1. The van der Waals surface area contributed by atoms with E-state index in [1.807, 2.05) is 17.6 Å². The molecule has 28 heavy (non-hydrogen) atoms. The number of nitrogens with one attached hydrogen (secondary N) is 1. The molecule has 1 aliphatic carbocycles. The fourth-order valence-corrected chi connectivity index (χ4v) is 4.43.